The molecular weight excluding hydrogens is 434 g/mol. The lowest BCUT2D eigenvalue weighted by molar-refractivity contribution is -0.142. The molecule has 12 N–H and O–H groups in total. The normalized spacial score (nSPS) is 13.0. The number of hydrogen-bond acceptors (Lipinski definition) is 7. The highest BCUT2D eigenvalue weighted by Gasteiger charge is 2.27. The zero-order chi connectivity index (χ0) is 25.1. The van der Waals surface area contributed by atoms with Crippen LogP contribution in [0.5, 0.6) is 0 Å². The highest BCUT2D eigenvalue weighted by atomic mass is 16.4. The van der Waals surface area contributed by atoms with Crippen LogP contribution in [-0.4, -0.2) is 66.6 Å². The number of carboxylic acid groups (broad SMARTS) is 1. The van der Waals surface area contributed by atoms with E-state index in [1.54, 1.807) is 0 Å². The first kappa shape index (κ1) is 29.7. The van der Waals surface area contributed by atoms with Gasteiger partial charge in [0.15, 0.2) is 5.96 Å². The third-order valence-electron chi connectivity index (χ3n) is 4.65. The number of azide groups is 1. The highest BCUT2D eigenvalue weighted by molar-refractivity contribution is 5.91. The number of nitrogens with two attached hydrogens (primary N) is 4. The molecule has 0 saturated heterocycles. The Kier molecular flexibility index (Phi) is 16.5. The molecule has 0 unspecified atom stereocenters. The summed E-state index contributed by atoms with van der Waals surface area (Å²) >= 11 is 0. The van der Waals surface area contributed by atoms with E-state index >= 15 is 0 Å². The predicted octanol–water partition coefficient (Wildman–Crippen LogP) is -1.46. The van der Waals surface area contributed by atoms with E-state index in [-0.39, 0.29) is 18.8 Å². The van der Waals surface area contributed by atoms with E-state index in [1.165, 1.54) is 0 Å². The number of rotatable bonds is 19. The monoisotopic (exact) mass is 471 g/mol. The van der Waals surface area contributed by atoms with Crippen molar-refractivity contribution in [2.75, 3.05) is 19.6 Å². The van der Waals surface area contributed by atoms with E-state index in [0.717, 1.165) is 0 Å². The van der Waals surface area contributed by atoms with Crippen molar-refractivity contribution in [2.45, 2.75) is 69.5 Å². The molecule has 33 heavy (non-hydrogen) atoms. The van der Waals surface area contributed by atoms with Crippen molar-refractivity contribution in [2.24, 2.45) is 33.2 Å². The Morgan fingerprint density at radius 2 is 1.58 bits per heavy atom. The molecule has 0 aliphatic carbocycles. The molecule has 3 atom stereocenters. The molecule has 0 spiro atoms. The zero-order valence-electron chi connectivity index (χ0n) is 18.8. The molecule has 15 heteroatoms. The minimum atomic E-state index is -1.17. The van der Waals surface area contributed by atoms with Crippen LogP contribution in [0.3, 0.4) is 0 Å². The zero-order valence-corrected chi connectivity index (χ0v) is 18.8. The van der Waals surface area contributed by atoms with Gasteiger partial charge >= 0.3 is 5.97 Å². The average Bonchev–Trinajstić information content (AvgIpc) is 2.76. The molecule has 0 saturated carbocycles. The minimum absolute atomic E-state index is 0.0563. The number of hydrogen-bond donors (Lipinski definition) is 8. The SMILES string of the molecule is [N-]=[N+]=NNCCCC[C@H](NC(=O)[C@@H](N)CCCN=C(N)N)C(=O)N[C@@H](CCCCN)C(=O)O. The van der Waals surface area contributed by atoms with Crippen LogP contribution < -0.4 is 39.0 Å². The summed E-state index contributed by atoms with van der Waals surface area (Å²) in [5.74, 6) is -2.37. The molecule has 2 amide bonds. The fraction of sp³-hybridized carbons (Fsp3) is 0.778. The Morgan fingerprint density at radius 1 is 0.939 bits per heavy atom. The lowest BCUT2D eigenvalue weighted by Gasteiger charge is -2.23. The number of aliphatic imine (C=N–C) groups is 1. The van der Waals surface area contributed by atoms with Gasteiger partial charge < -0.3 is 38.7 Å². The maximum atomic E-state index is 12.8. The van der Waals surface area contributed by atoms with Gasteiger partial charge in [-0.1, -0.05) is 0 Å². The van der Waals surface area contributed by atoms with Crippen LogP contribution >= 0.6 is 0 Å². The number of amides is 2. The summed E-state index contributed by atoms with van der Waals surface area (Å²) in [7, 11) is 0. The second-order valence-electron chi connectivity index (χ2n) is 7.39. The second kappa shape index (κ2) is 18.3. The number of nitrogens with one attached hydrogen (secondary N) is 3. The van der Waals surface area contributed by atoms with Gasteiger partial charge in [0.25, 0.3) is 0 Å². The third kappa shape index (κ3) is 15.2. The topological polar surface area (TPSA) is 273 Å². The fourth-order valence-corrected chi connectivity index (χ4v) is 2.85. The Morgan fingerprint density at radius 3 is 2.18 bits per heavy atom. The number of nitrogens with zero attached hydrogens (tertiary/aromatic N) is 4. The van der Waals surface area contributed by atoms with E-state index in [2.05, 4.69) is 31.2 Å². The fourth-order valence-electron chi connectivity index (χ4n) is 2.85. The van der Waals surface area contributed by atoms with Crippen molar-refractivity contribution in [3.63, 3.8) is 0 Å². The van der Waals surface area contributed by atoms with Crippen LogP contribution in [0.4, 0.5) is 0 Å². The van der Waals surface area contributed by atoms with Gasteiger partial charge in [-0.05, 0) is 63.1 Å². The molecule has 0 aromatic heterocycles. The average molecular weight is 472 g/mol. The van der Waals surface area contributed by atoms with Crippen LogP contribution in [0, 0.1) is 0 Å². The third-order valence-corrected chi connectivity index (χ3v) is 4.65. The molecule has 0 bridgehead atoms. The Labute approximate surface area is 192 Å². The maximum absolute atomic E-state index is 12.8. The largest absolute Gasteiger partial charge is 0.480 e. The number of carbonyl (C=O) groups excluding carboxylic acids is 2. The molecule has 0 fully saturated rings. The quantitative estimate of drug-likeness (QED) is 0.0207. The molecule has 0 aliphatic rings. The molecule has 0 aromatic rings. The van der Waals surface area contributed by atoms with Crippen molar-refractivity contribution in [3.8, 4) is 0 Å². The molecule has 0 aliphatic heterocycles. The Hall–Kier alpha value is -3.29. The van der Waals surface area contributed by atoms with Crippen LogP contribution in [0.25, 0.3) is 10.4 Å². The number of unbranched alkanes of at least 4 members (excludes halogenated alkanes) is 2. The summed E-state index contributed by atoms with van der Waals surface area (Å²) in [6.07, 6.45) is 3.45. The van der Waals surface area contributed by atoms with Crippen LogP contribution in [0.2, 0.25) is 0 Å². The standard InChI is InChI=1S/C18H37N11O4/c19-9-3-1-8-14(17(32)33)27-16(31)13(7-2-4-11-25-29-28-23)26-15(30)12(20)6-5-10-24-18(21)22/h12-14,25H,1-11,19-20H2,(H,26,30)(H,27,31)(H,32,33)(H4,21,22,24)/t12-,13-,14-/m0/s1. The highest BCUT2D eigenvalue weighted by Crippen LogP contribution is 2.06. The van der Waals surface area contributed by atoms with Crippen molar-refractivity contribution >= 4 is 23.7 Å². The smallest absolute Gasteiger partial charge is 0.326 e. The van der Waals surface area contributed by atoms with Gasteiger partial charge in [-0.2, -0.15) is 4.91 Å². The summed E-state index contributed by atoms with van der Waals surface area (Å²) in [5, 5.41) is 17.7. The lowest BCUT2D eigenvalue weighted by Crippen LogP contribution is -2.54. The van der Waals surface area contributed by atoms with Gasteiger partial charge in [0.05, 0.1) is 12.6 Å². The molecule has 0 rings (SSSR count). The summed E-state index contributed by atoms with van der Waals surface area (Å²) in [4.78, 5) is 43.2. The van der Waals surface area contributed by atoms with Crippen LogP contribution in [0.1, 0.15) is 51.4 Å². The molecular formula is C18H37N11O4. The number of aliphatic carboxylic acids is 1. The van der Waals surface area contributed by atoms with E-state index in [9.17, 15) is 19.5 Å². The molecule has 0 radical (unpaired) electrons. The predicted molar refractivity (Wildman–Crippen MR) is 123 cm³/mol. The van der Waals surface area contributed by atoms with Gasteiger partial charge in [0.1, 0.15) is 12.1 Å². The van der Waals surface area contributed by atoms with Crippen LogP contribution in [0.15, 0.2) is 10.2 Å². The van der Waals surface area contributed by atoms with Crippen molar-refractivity contribution in [3.05, 3.63) is 10.4 Å². The number of carboxylic acids is 1. The van der Waals surface area contributed by atoms with Gasteiger partial charge in [0.2, 0.25) is 11.8 Å². The van der Waals surface area contributed by atoms with Gasteiger partial charge in [-0.3, -0.25) is 20.0 Å². The molecule has 188 valence electrons. The summed E-state index contributed by atoms with van der Waals surface area (Å²) < 4.78 is 0. The minimum Gasteiger partial charge on any atom is -0.480 e. The van der Waals surface area contributed by atoms with E-state index in [0.29, 0.717) is 58.2 Å². The molecule has 0 heterocycles. The second-order valence-corrected chi connectivity index (χ2v) is 7.39. The van der Waals surface area contributed by atoms with E-state index < -0.39 is 35.9 Å². The Balaban J connectivity index is 4.99. The van der Waals surface area contributed by atoms with E-state index in [1.807, 2.05) is 0 Å². The van der Waals surface area contributed by atoms with Crippen molar-refractivity contribution in [1.29, 1.82) is 0 Å². The van der Waals surface area contributed by atoms with Crippen molar-refractivity contribution < 1.29 is 19.5 Å². The Bertz CT molecular complexity index is 678. The van der Waals surface area contributed by atoms with Crippen LogP contribution in [-0.2, 0) is 14.4 Å². The number of carbonyl (C=O) groups is 3. The summed E-state index contributed by atoms with van der Waals surface area (Å²) in [6, 6.07) is -2.96. The first-order chi connectivity index (χ1) is 15.7. The van der Waals surface area contributed by atoms with Crippen molar-refractivity contribution in [1.82, 2.24) is 16.1 Å². The van der Waals surface area contributed by atoms with Gasteiger partial charge in [-0.25, -0.2) is 4.79 Å². The first-order valence-electron chi connectivity index (χ1n) is 10.8. The number of guanidine groups is 1. The van der Waals surface area contributed by atoms with Gasteiger partial charge in [0, 0.05) is 6.54 Å². The summed E-state index contributed by atoms with van der Waals surface area (Å²) in [6.45, 7) is 1.12. The first-order valence-corrected chi connectivity index (χ1v) is 10.8. The molecule has 15 nitrogen and oxygen atoms in total. The summed E-state index contributed by atoms with van der Waals surface area (Å²) in [5.41, 5.74) is 32.6. The molecule has 0 aromatic carbocycles. The maximum Gasteiger partial charge on any atom is 0.326 e. The lowest BCUT2D eigenvalue weighted by atomic mass is 10.0. The van der Waals surface area contributed by atoms with Gasteiger partial charge in [-0.15, -0.1) is 5.53 Å². The van der Waals surface area contributed by atoms with E-state index in [4.69, 9.17) is 28.5 Å².